The van der Waals surface area contributed by atoms with Gasteiger partial charge < -0.3 is 14.8 Å². The summed E-state index contributed by atoms with van der Waals surface area (Å²) in [6, 6.07) is 15.2. The van der Waals surface area contributed by atoms with Crippen LogP contribution in [-0.4, -0.2) is 13.2 Å². The average Bonchev–Trinajstić information content (AvgIpc) is 3.12. The Labute approximate surface area is 136 Å². The molecular weight excluding hydrogens is 293 g/mol. The second-order valence-corrected chi connectivity index (χ2v) is 5.71. The second kappa shape index (κ2) is 7.68. The molecule has 1 aliphatic heterocycles. The maximum Gasteiger partial charge on any atom is 0.184 e. The summed E-state index contributed by atoms with van der Waals surface area (Å²) in [6.07, 6.45) is 0.729. The van der Waals surface area contributed by atoms with Crippen LogP contribution in [0.3, 0.4) is 0 Å². The molecule has 0 aromatic heterocycles. The molecule has 1 saturated heterocycles. The third-order valence-electron chi connectivity index (χ3n) is 4.11. The Bertz CT molecular complexity index is 606. The molecule has 1 aliphatic rings. The minimum absolute atomic E-state index is 0.199. The summed E-state index contributed by atoms with van der Waals surface area (Å²) in [5.41, 5.74) is 3.36. The van der Waals surface area contributed by atoms with E-state index in [2.05, 4.69) is 24.4 Å². The summed E-state index contributed by atoms with van der Waals surface area (Å²) in [5.74, 6) is -0.199. The van der Waals surface area contributed by atoms with Crippen molar-refractivity contribution in [3.63, 3.8) is 0 Å². The monoisotopic (exact) mass is 315 g/mol. The Morgan fingerprint density at radius 1 is 1.04 bits per heavy atom. The quantitative estimate of drug-likeness (QED) is 0.870. The van der Waals surface area contributed by atoms with E-state index in [9.17, 15) is 4.39 Å². The molecule has 1 N–H and O–H groups in total. The molecule has 23 heavy (non-hydrogen) atoms. The van der Waals surface area contributed by atoms with Gasteiger partial charge in [0.25, 0.3) is 0 Å². The topological polar surface area (TPSA) is 30.5 Å². The van der Waals surface area contributed by atoms with E-state index in [1.54, 1.807) is 0 Å². The van der Waals surface area contributed by atoms with Crippen molar-refractivity contribution in [1.29, 1.82) is 0 Å². The lowest BCUT2D eigenvalue weighted by Gasteiger charge is -2.18. The van der Waals surface area contributed by atoms with Crippen molar-refractivity contribution >= 4 is 0 Å². The van der Waals surface area contributed by atoms with Gasteiger partial charge in [-0.05, 0) is 29.7 Å². The van der Waals surface area contributed by atoms with Crippen LogP contribution in [0.4, 0.5) is 4.39 Å². The molecule has 1 unspecified atom stereocenters. The van der Waals surface area contributed by atoms with E-state index in [1.807, 2.05) is 24.3 Å². The van der Waals surface area contributed by atoms with Gasteiger partial charge in [-0.2, -0.15) is 0 Å². The zero-order chi connectivity index (χ0) is 16.1. The van der Waals surface area contributed by atoms with Gasteiger partial charge in [-0.1, -0.05) is 43.3 Å². The van der Waals surface area contributed by atoms with E-state index in [-0.39, 0.29) is 18.1 Å². The van der Waals surface area contributed by atoms with Crippen molar-refractivity contribution in [1.82, 2.24) is 5.32 Å². The van der Waals surface area contributed by atoms with Crippen molar-refractivity contribution in [3.05, 3.63) is 71.0 Å². The predicted octanol–water partition coefficient (Wildman–Crippen LogP) is 4.11. The first-order chi connectivity index (χ1) is 11.3. The highest BCUT2D eigenvalue weighted by Gasteiger charge is 2.17. The van der Waals surface area contributed by atoms with E-state index in [1.165, 1.54) is 17.7 Å². The van der Waals surface area contributed by atoms with Gasteiger partial charge in [-0.25, -0.2) is 4.39 Å². The van der Waals surface area contributed by atoms with Crippen molar-refractivity contribution in [2.45, 2.75) is 32.2 Å². The summed E-state index contributed by atoms with van der Waals surface area (Å²) in [5, 5.41) is 3.53. The Kier molecular flexibility index (Phi) is 5.39. The number of rotatable bonds is 6. The molecule has 2 aromatic carbocycles. The largest absolute Gasteiger partial charge is 0.346 e. The van der Waals surface area contributed by atoms with E-state index in [0.717, 1.165) is 24.1 Å². The van der Waals surface area contributed by atoms with Crippen LogP contribution in [0.5, 0.6) is 0 Å². The molecule has 3 rings (SSSR count). The summed E-state index contributed by atoms with van der Waals surface area (Å²) in [4.78, 5) is 0. The highest BCUT2D eigenvalue weighted by Crippen LogP contribution is 2.23. The Balaban J connectivity index is 1.59. The van der Waals surface area contributed by atoms with Gasteiger partial charge >= 0.3 is 0 Å². The smallest absolute Gasteiger partial charge is 0.184 e. The minimum atomic E-state index is -0.223. The van der Waals surface area contributed by atoms with Crippen LogP contribution in [-0.2, 0) is 16.0 Å². The normalized spacial score (nSPS) is 16.6. The zero-order valence-electron chi connectivity index (χ0n) is 13.3. The van der Waals surface area contributed by atoms with Gasteiger partial charge in [0.15, 0.2) is 6.29 Å². The molecule has 0 amide bonds. The highest BCUT2D eigenvalue weighted by atomic mass is 19.1. The lowest BCUT2D eigenvalue weighted by Crippen LogP contribution is -2.20. The lowest BCUT2D eigenvalue weighted by molar-refractivity contribution is -0.0441. The van der Waals surface area contributed by atoms with Gasteiger partial charge in [0.2, 0.25) is 0 Å². The molecule has 1 fully saturated rings. The van der Waals surface area contributed by atoms with Crippen molar-refractivity contribution in [2.24, 2.45) is 0 Å². The fourth-order valence-corrected chi connectivity index (χ4v) is 2.78. The molecule has 122 valence electrons. The maximum atomic E-state index is 13.0. The first-order valence-electron chi connectivity index (χ1n) is 8.07. The van der Waals surface area contributed by atoms with E-state index < -0.39 is 0 Å². The molecule has 3 nitrogen and oxygen atoms in total. The standard InChI is InChI=1S/C19H22FNO2/c1-2-18(15-7-9-17(20)10-8-15)21-13-14-3-5-16(6-4-14)19-22-11-12-23-19/h3-10,18-19,21H,2,11-13H2,1H3. The first-order valence-corrected chi connectivity index (χ1v) is 8.07. The van der Waals surface area contributed by atoms with Crippen LogP contribution in [0.2, 0.25) is 0 Å². The summed E-state index contributed by atoms with van der Waals surface area (Å²) in [7, 11) is 0. The van der Waals surface area contributed by atoms with Gasteiger partial charge in [0.05, 0.1) is 13.2 Å². The third kappa shape index (κ3) is 4.16. The Hall–Kier alpha value is -1.75. The molecule has 0 saturated carbocycles. The summed E-state index contributed by atoms with van der Waals surface area (Å²) in [6.45, 7) is 4.20. The lowest BCUT2D eigenvalue weighted by atomic mass is 10.0. The molecular formula is C19H22FNO2. The van der Waals surface area contributed by atoms with Gasteiger partial charge in [0.1, 0.15) is 5.82 Å². The molecule has 1 heterocycles. The molecule has 0 bridgehead atoms. The maximum absolute atomic E-state index is 13.0. The molecule has 0 radical (unpaired) electrons. The van der Waals surface area contributed by atoms with Crippen LogP contribution < -0.4 is 5.32 Å². The van der Waals surface area contributed by atoms with Crippen LogP contribution >= 0.6 is 0 Å². The molecule has 0 spiro atoms. The number of hydrogen-bond donors (Lipinski definition) is 1. The number of benzene rings is 2. The van der Waals surface area contributed by atoms with Gasteiger partial charge in [0, 0.05) is 18.2 Å². The fraction of sp³-hybridized carbons (Fsp3) is 0.368. The summed E-state index contributed by atoms with van der Waals surface area (Å²) < 4.78 is 24.0. The van der Waals surface area contributed by atoms with E-state index >= 15 is 0 Å². The number of nitrogens with one attached hydrogen (secondary N) is 1. The SMILES string of the molecule is CCC(NCc1ccc(C2OCCO2)cc1)c1ccc(F)cc1. The highest BCUT2D eigenvalue weighted by molar-refractivity contribution is 5.24. The van der Waals surface area contributed by atoms with Crippen LogP contribution in [0.15, 0.2) is 48.5 Å². The van der Waals surface area contributed by atoms with E-state index in [0.29, 0.717) is 13.2 Å². The van der Waals surface area contributed by atoms with Crippen molar-refractivity contribution in [3.8, 4) is 0 Å². The molecule has 4 heteroatoms. The predicted molar refractivity (Wildman–Crippen MR) is 87.4 cm³/mol. The Morgan fingerprint density at radius 2 is 1.70 bits per heavy atom. The average molecular weight is 315 g/mol. The minimum Gasteiger partial charge on any atom is -0.346 e. The molecule has 0 aliphatic carbocycles. The second-order valence-electron chi connectivity index (χ2n) is 5.71. The van der Waals surface area contributed by atoms with Crippen molar-refractivity contribution < 1.29 is 13.9 Å². The van der Waals surface area contributed by atoms with E-state index in [4.69, 9.17) is 9.47 Å². The zero-order valence-corrected chi connectivity index (χ0v) is 13.3. The fourth-order valence-electron chi connectivity index (χ4n) is 2.78. The third-order valence-corrected chi connectivity index (χ3v) is 4.11. The summed E-state index contributed by atoms with van der Waals surface area (Å²) >= 11 is 0. The number of ether oxygens (including phenoxy) is 2. The molecule has 1 atom stereocenters. The van der Waals surface area contributed by atoms with Crippen LogP contribution in [0, 0.1) is 5.82 Å². The van der Waals surface area contributed by atoms with Gasteiger partial charge in [-0.15, -0.1) is 0 Å². The van der Waals surface area contributed by atoms with Crippen LogP contribution in [0.25, 0.3) is 0 Å². The molecule has 2 aromatic rings. The van der Waals surface area contributed by atoms with Crippen molar-refractivity contribution in [2.75, 3.05) is 13.2 Å². The number of hydrogen-bond acceptors (Lipinski definition) is 3. The van der Waals surface area contributed by atoms with Gasteiger partial charge in [-0.3, -0.25) is 0 Å². The first kappa shape index (κ1) is 16.1. The Morgan fingerprint density at radius 3 is 2.30 bits per heavy atom. The number of halogens is 1. The van der Waals surface area contributed by atoms with Crippen LogP contribution in [0.1, 0.15) is 42.4 Å².